The number of carbonyl (C=O) groups is 1. The van der Waals surface area contributed by atoms with Gasteiger partial charge in [0.25, 0.3) is 0 Å². The number of nitrogens with zero attached hydrogens (tertiary/aromatic N) is 1. The van der Waals surface area contributed by atoms with Crippen molar-refractivity contribution in [1.82, 2.24) is 4.98 Å². The predicted molar refractivity (Wildman–Crippen MR) is 188 cm³/mol. The van der Waals surface area contributed by atoms with Gasteiger partial charge in [-0.2, -0.15) is 0 Å². The number of aromatic nitrogens is 1. The summed E-state index contributed by atoms with van der Waals surface area (Å²) in [5, 5.41) is 13.3. The Labute approximate surface area is 280 Å². The third kappa shape index (κ3) is 7.40. The fourth-order valence-electron chi connectivity index (χ4n) is 5.43. The first-order valence-electron chi connectivity index (χ1n) is 14.7. The van der Waals surface area contributed by atoms with Gasteiger partial charge in [-0.3, -0.25) is 4.79 Å². The Morgan fingerprint density at radius 2 is 1.57 bits per heavy atom. The van der Waals surface area contributed by atoms with Crippen LogP contribution in [0.1, 0.15) is 39.2 Å². The molecule has 0 saturated heterocycles. The van der Waals surface area contributed by atoms with E-state index in [1.54, 1.807) is 4.40 Å². The molecule has 0 aliphatic rings. The van der Waals surface area contributed by atoms with Gasteiger partial charge < -0.3 is 5.11 Å². The van der Waals surface area contributed by atoms with E-state index >= 15 is 0 Å². The van der Waals surface area contributed by atoms with Crippen molar-refractivity contribution in [2.24, 2.45) is 0 Å². The normalized spacial score (nSPS) is 11.9. The minimum Gasteiger partial charge on any atom is -0.118 e. The number of hydrogen-bond donors (Lipinski definition) is 1. The average molecular weight is 838 g/mol. The van der Waals surface area contributed by atoms with Gasteiger partial charge in [0.2, 0.25) is 0 Å². The fraction of sp³-hybridized carbons (Fsp3) is 0.211. The van der Waals surface area contributed by atoms with Crippen LogP contribution in [0.4, 0.5) is 0 Å². The van der Waals surface area contributed by atoms with Gasteiger partial charge in [0.1, 0.15) is 0 Å². The van der Waals surface area contributed by atoms with Crippen LogP contribution in [0.5, 0.6) is 0 Å². The van der Waals surface area contributed by atoms with Crippen molar-refractivity contribution >= 4 is 65.7 Å². The average Bonchev–Trinajstić information content (AvgIpc) is 3.34. The molecule has 1 N–H and O–H groups in total. The number of aliphatic hydroxyl groups is 1. The van der Waals surface area contributed by atoms with Gasteiger partial charge in [-0.25, -0.2) is 0 Å². The first kappa shape index (κ1) is 33.8. The summed E-state index contributed by atoms with van der Waals surface area (Å²) in [5.41, 5.74) is 6.02. The zero-order valence-electron chi connectivity index (χ0n) is 26.3. The van der Waals surface area contributed by atoms with Crippen LogP contribution >= 0.6 is 11.3 Å². The molecule has 0 spiro atoms. The summed E-state index contributed by atoms with van der Waals surface area (Å²) >= 11 is 0.0479. The Morgan fingerprint density at radius 1 is 0.886 bits per heavy atom. The number of thiophene rings is 1. The van der Waals surface area contributed by atoms with Crippen molar-refractivity contribution in [1.29, 1.82) is 0 Å². The van der Waals surface area contributed by atoms with E-state index in [0.29, 0.717) is 5.92 Å². The van der Waals surface area contributed by atoms with Crippen molar-refractivity contribution < 1.29 is 30.0 Å². The molecule has 6 heteroatoms. The molecule has 2 aromatic heterocycles. The third-order valence-electron chi connectivity index (χ3n) is 7.56. The summed E-state index contributed by atoms with van der Waals surface area (Å²) in [6, 6.07) is 32.9. The standard InChI is InChI=1S/C33H30GeNS.C5H8O2.Ir/c1-21(2)29-19-25(18-24-8-6-7-9-27(24)29)33-32-28-15-12-23(20-31(28)36-30(32)16-17-35-33)22-10-13-26(14-11-22)34(3,4)5;1-4(6)3-5(2)7;/h6-17,19-21H,1-5H3;3,6H,1-2H3;/q-1;;/b;4-3-;. The Kier molecular flexibility index (Phi) is 10.7. The molecule has 0 aliphatic carbocycles. The van der Waals surface area contributed by atoms with E-state index < -0.39 is 13.3 Å². The minimum absolute atomic E-state index is 0. The zero-order chi connectivity index (χ0) is 30.9. The molecule has 0 saturated carbocycles. The van der Waals surface area contributed by atoms with Crippen LogP contribution in [0.15, 0.2) is 96.9 Å². The second kappa shape index (κ2) is 13.9. The second-order valence-corrected chi connectivity index (χ2v) is 24.1. The Morgan fingerprint density at radius 3 is 2.18 bits per heavy atom. The molecular weight excluding hydrogens is 799 g/mol. The molecular formula is C38H38GeIrNO2S-. The van der Waals surface area contributed by atoms with Gasteiger partial charge in [0, 0.05) is 26.2 Å². The van der Waals surface area contributed by atoms with Crippen molar-refractivity contribution in [3.8, 4) is 22.4 Å². The van der Waals surface area contributed by atoms with Gasteiger partial charge in [-0.1, -0.05) is 37.4 Å². The SMILES string of the molecule is CC(=O)/C=C(/C)O.CC(C)c1cc(-c2nccc3sc4cc(-c5cc[c]([Ge]([CH3])([CH3])[CH3])cc5)ccc4c23)[c-]c2ccccc12.[Ir]. The summed E-state index contributed by atoms with van der Waals surface area (Å²) < 4.78 is 4.12. The van der Waals surface area contributed by atoms with Gasteiger partial charge in [0.15, 0.2) is 5.78 Å². The summed E-state index contributed by atoms with van der Waals surface area (Å²) in [5.74, 6) is 7.70. The molecule has 0 fully saturated rings. The monoisotopic (exact) mass is 839 g/mol. The summed E-state index contributed by atoms with van der Waals surface area (Å²) in [6.45, 7) is 7.37. The van der Waals surface area contributed by atoms with E-state index in [2.05, 4.69) is 116 Å². The van der Waals surface area contributed by atoms with E-state index in [0.717, 1.165) is 16.6 Å². The number of fused-ring (bicyclic) bond motifs is 4. The summed E-state index contributed by atoms with van der Waals surface area (Å²) in [6.07, 6.45) is 3.11. The molecule has 4 aromatic carbocycles. The molecule has 3 nitrogen and oxygen atoms in total. The first-order chi connectivity index (χ1) is 20.4. The molecule has 6 rings (SSSR count). The maximum absolute atomic E-state index is 10.0. The van der Waals surface area contributed by atoms with E-state index in [9.17, 15) is 4.79 Å². The second-order valence-electron chi connectivity index (χ2n) is 12.4. The molecule has 0 atom stereocenters. The molecule has 0 amide bonds. The number of aliphatic hydroxyl groups excluding tert-OH is 1. The van der Waals surface area contributed by atoms with Gasteiger partial charge >= 0.3 is 161 Å². The van der Waals surface area contributed by atoms with Crippen molar-refractivity contribution in [2.45, 2.75) is 50.9 Å². The third-order valence-corrected chi connectivity index (χ3v) is 13.0. The fourth-order valence-corrected chi connectivity index (χ4v) is 9.01. The van der Waals surface area contributed by atoms with Crippen LogP contribution in [-0.4, -0.2) is 29.1 Å². The maximum atomic E-state index is 10.0. The number of benzene rings is 4. The first-order valence-corrected chi connectivity index (χ1v) is 22.8. The van der Waals surface area contributed by atoms with E-state index in [-0.39, 0.29) is 31.6 Å². The van der Waals surface area contributed by atoms with E-state index in [1.807, 2.05) is 17.5 Å². The number of carbonyl (C=O) groups excluding carboxylic acids is 1. The molecule has 6 aromatic rings. The summed E-state index contributed by atoms with van der Waals surface area (Å²) in [4.78, 5) is 14.9. The van der Waals surface area contributed by atoms with Gasteiger partial charge in [-0.15, -0.1) is 17.0 Å². The number of ketones is 1. The van der Waals surface area contributed by atoms with Crippen LogP contribution in [0.3, 0.4) is 0 Å². The molecule has 2 heterocycles. The molecule has 44 heavy (non-hydrogen) atoms. The topological polar surface area (TPSA) is 50.2 Å². The number of hydrogen-bond acceptors (Lipinski definition) is 4. The van der Waals surface area contributed by atoms with Crippen LogP contribution < -0.4 is 4.40 Å². The Bertz CT molecular complexity index is 1980. The van der Waals surface area contributed by atoms with Crippen molar-refractivity contribution in [3.05, 3.63) is 109 Å². The van der Waals surface area contributed by atoms with Crippen LogP contribution in [-0.2, 0) is 24.9 Å². The number of rotatable bonds is 5. The number of allylic oxidation sites excluding steroid dienone is 2. The Balaban J connectivity index is 0.000000497. The van der Waals surface area contributed by atoms with Crippen LogP contribution in [0.25, 0.3) is 53.3 Å². The van der Waals surface area contributed by atoms with Crippen LogP contribution in [0, 0.1) is 6.07 Å². The van der Waals surface area contributed by atoms with Gasteiger partial charge in [0.05, 0.1) is 5.76 Å². The summed E-state index contributed by atoms with van der Waals surface area (Å²) in [7, 11) is 0. The molecule has 1 radical (unpaired) electrons. The number of pyridine rings is 1. The van der Waals surface area contributed by atoms with Crippen LogP contribution in [0.2, 0.25) is 17.3 Å². The van der Waals surface area contributed by atoms with Crippen molar-refractivity contribution in [3.63, 3.8) is 0 Å². The predicted octanol–water partition coefficient (Wildman–Crippen LogP) is 10.4. The van der Waals surface area contributed by atoms with Crippen molar-refractivity contribution in [2.75, 3.05) is 0 Å². The zero-order valence-corrected chi connectivity index (χ0v) is 31.6. The van der Waals surface area contributed by atoms with E-state index in [1.165, 1.54) is 62.2 Å². The molecule has 0 bridgehead atoms. The quantitative estimate of drug-likeness (QED) is 0.0815. The molecule has 0 unspecified atom stereocenters. The van der Waals surface area contributed by atoms with E-state index in [4.69, 9.17) is 10.1 Å². The molecule has 227 valence electrons. The minimum atomic E-state index is -1.81. The Hall–Kier alpha value is -3.09. The smallest absolute Gasteiger partial charge is 0.118 e. The van der Waals surface area contributed by atoms with Gasteiger partial charge in [-0.05, 0) is 19.8 Å². The molecule has 0 aliphatic heterocycles.